The molecule has 4 nitrogen and oxygen atoms in total. The Morgan fingerprint density at radius 1 is 1.42 bits per heavy atom. The average molecular weight is 349 g/mol. The van der Waals surface area contributed by atoms with Crippen LogP contribution in [0.2, 0.25) is 5.02 Å². The third-order valence-electron chi connectivity index (χ3n) is 4.85. The first-order valence-electron chi connectivity index (χ1n) is 8.73. The number of benzene rings is 1. The van der Waals surface area contributed by atoms with E-state index in [-0.39, 0.29) is 11.9 Å². The van der Waals surface area contributed by atoms with Gasteiger partial charge in [-0.15, -0.1) is 0 Å². The van der Waals surface area contributed by atoms with E-state index in [1.807, 2.05) is 25.2 Å². The molecule has 24 heavy (non-hydrogen) atoms. The quantitative estimate of drug-likeness (QED) is 0.819. The van der Waals surface area contributed by atoms with Crippen LogP contribution < -0.4 is 15.0 Å². The number of allylic oxidation sites excluding steroid dienone is 1. The van der Waals surface area contributed by atoms with Crippen molar-refractivity contribution in [1.29, 1.82) is 0 Å². The predicted molar refractivity (Wildman–Crippen MR) is 97.9 cm³/mol. The molecule has 1 heterocycles. The van der Waals surface area contributed by atoms with E-state index in [0.29, 0.717) is 18.1 Å². The first kappa shape index (κ1) is 17.2. The monoisotopic (exact) mass is 348 g/mol. The number of carbonyl (C=O) groups is 1. The Labute approximate surface area is 148 Å². The number of likely N-dealkylation sites (N-methyl/N-ethyl adjacent to an activating group) is 1. The second-order valence-corrected chi connectivity index (χ2v) is 7.04. The molecule has 2 aliphatic rings. The molecule has 5 heteroatoms. The Morgan fingerprint density at radius 3 is 3.08 bits per heavy atom. The molecule has 0 spiro atoms. The van der Waals surface area contributed by atoms with Crippen molar-refractivity contribution < 1.29 is 9.53 Å². The molecule has 0 aromatic heterocycles. The van der Waals surface area contributed by atoms with Crippen LogP contribution in [0.15, 0.2) is 29.8 Å². The minimum atomic E-state index is 0.0323. The Balaban J connectivity index is 1.49. The summed E-state index contributed by atoms with van der Waals surface area (Å²) in [6.07, 6.45) is 8.70. The molecule has 0 saturated carbocycles. The lowest BCUT2D eigenvalue weighted by Crippen LogP contribution is -2.43. The van der Waals surface area contributed by atoms with Crippen molar-refractivity contribution in [3.05, 3.63) is 34.9 Å². The molecule has 0 bridgehead atoms. The summed E-state index contributed by atoms with van der Waals surface area (Å²) in [5, 5.41) is 3.72. The zero-order valence-corrected chi connectivity index (χ0v) is 14.9. The molecular formula is C19H25ClN2O2. The van der Waals surface area contributed by atoms with Gasteiger partial charge in [-0.3, -0.25) is 4.79 Å². The van der Waals surface area contributed by atoms with Crippen LogP contribution >= 0.6 is 11.6 Å². The Morgan fingerprint density at radius 2 is 2.29 bits per heavy atom. The van der Waals surface area contributed by atoms with E-state index in [0.717, 1.165) is 24.4 Å². The fourth-order valence-corrected chi connectivity index (χ4v) is 3.53. The summed E-state index contributed by atoms with van der Waals surface area (Å²) >= 11 is 6.07. The highest BCUT2D eigenvalue weighted by atomic mass is 35.5. The van der Waals surface area contributed by atoms with Gasteiger partial charge in [0, 0.05) is 18.6 Å². The van der Waals surface area contributed by atoms with Crippen LogP contribution in [0.5, 0.6) is 5.75 Å². The maximum absolute atomic E-state index is 12.2. The number of hydrogen-bond acceptors (Lipinski definition) is 3. The minimum Gasteiger partial charge on any atom is -0.489 e. The number of rotatable bonds is 5. The second-order valence-electron chi connectivity index (χ2n) is 6.60. The van der Waals surface area contributed by atoms with Crippen LogP contribution in [0, 0.1) is 0 Å². The lowest BCUT2D eigenvalue weighted by molar-refractivity contribution is -0.121. The van der Waals surface area contributed by atoms with Crippen LogP contribution in [0.1, 0.15) is 38.5 Å². The summed E-state index contributed by atoms with van der Waals surface area (Å²) in [7, 11) is 1.99. The molecule has 3 rings (SSSR count). The van der Waals surface area contributed by atoms with E-state index in [4.69, 9.17) is 16.3 Å². The van der Waals surface area contributed by atoms with Crippen molar-refractivity contribution in [3.63, 3.8) is 0 Å². The van der Waals surface area contributed by atoms with Gasteiger partial charge in [0.2, 0.25) is 5.91 Å². The van der Waals surface area contributed by atoms with Gasteiger partial charge >= 0.3 is 0 Å². The van der Waals surface area contributed by atoms with Crippen LogP contribution in [-0.4, -0.2) is 32.1 Å². The second kappa shape index (κ2) is 7.93. The SMILES string of the molecule is CN1c2cc(Cl)ccc2OCC1CC(=O)NCCC1=CCCCC1. The molecule has 1 aromatic rings. The molecule has 1 N–H and O–H groups in total. The molecule has 1 atom stereocenters. The molecule has 1 aromatic carbocycles. The molecule has 0 radical (unpaired) electrons. The summed E-state index contributed by atoms with van der Waals surface area (Å²) in [5.41, 5.74) is 2.43. The number of halogens is 1. The van der Waals surface area contributed by atoms with Crippen molar-refractivity contribution in [2.45, 2.75) is 44.6 Å². The van der Waals surface area contributed by atoms with Gasteiger partial charge in [0.25, 0.3) is 0 Å². The van der Waals surface area contributed by atoms with E-state index in [9.17, 15) is 4.79 Å². The highest BCUT2D eigenvalue weighted by Crippen LogP contribution is 2.35. The number of fused-ring (bicyclic) bond motifs is 1. The van der Waals surface area contributed by atoms with Gasteiger partial charge in [0.1, 0.15) is 12.4 Å². The summed E-state index contributed by atoms with van der Waals surface area (Å²) in [6.45, 7) is 1.24. The fourth-order valence-electron chi connectivity index (χ4n) is 3.36. The number of carbonyl (C=O) groups excluding carboxylic acids is 1. The van der Waals surface area contributed by atoms with Gasteiger partial charge < -0.3 is 15.0 Å². The Hall–Kier alpha value is -1.68. The normalized spacial score (nSPS) is 20.0. The lowest BCUT2D eigenvalue weighted by atomic mass is 9.97. The smallest absolute Gasteiger partial charge is 0.222 e. The van der Waals surface area contributed by atoms with Crippen molar-refractivity contribution in [3.8, 4) is 5.75 Å². The molecule has 1 unspecified atom stereocenters. The lowest BCUT2D eigenvalue weighted by Gasteiger charge is -2.35. The number of amides is 1. The van der Waals surface area contributed by atoms with Gasteiger partial charge in [-0.1, -0.05) is 23.3 Å². The summed E-state index contributed by atoms with van der Waals surface area (Å²) < 4.78 is 5.77. The highest BCUT2D eigenvalue weighted by Gasteiger charge is 2.26. The minimum absolute atomic E-state index is 0.0323. The molecule has 1 amide bonds. The van der Waals surface area contributed by atoms with Crippen molar-refractivity contribution in [2.75, 3.05) is 25.1 Å². The molecule has 1 aliphatic heterocycles. The first-order valence-corrected chi connectivity index (χ1v) is 9.11. The molecular weight excluding hydrogens is 324 g/mol. The topological polar surface area (TPSA) is 41.6 Å². The van der Waals surface area contributed by atoms with Gasteiger partial charge in [-0.2, -0.15) is 0 Å². The van der Waals surface area contributed by atoms with Crippen LogP contribution in [0.4, 0.5) is 5.69 Å². The first-order chi connectivity index (χ1) is 11.6. The zero-order chi connectivity index (χ0) is 16.9. The fraction of sp³-hybridized carbons (Fsp3) is 0.526. The van der Waals surface area contributed by atoms with Gasteiger partial charge in [-0.05, 0) is 50.3 Å². The largest absolute Gasteiger partial charge is 0.489 e. The predicted octanol–water partition coefficient (Wildman–Crippen LogP) is 3.93. The van der Waals surface area contributed by atoms with E-state index in [1.165, 1.54) is 31.3 Å². The van der Waals surface area contributed by atoms with Crippen molar-refractivity contribution in [2.24, 2.45) is 0 Å². The third kappa shape index (κ3) is 4.23. The van der Waals surface area contributed by atoms with Crippen molar-refractivity contribution in [1.82, 2.24) is 5.32 Å². The molecule has 1 aliphatic carbocycles. The maximum Gasteiger partial charge on any atom is 0.222 e. The number of hydrogen-bond donors (Lipinski definition) is 1. The number of ether oxygens (including phenoxy) is 1. The number of anilines is 1. The standard InChI is InChI=1S/C19H25ClN2O2/c1-22-16(13-24-18-8-7-15(20)11-17(18)22)12-19(23)21-10-9-14-5-3-2-4-6-14/h5,7-8,11,16H,2-4,6,9-10,12-13H2,1H3,(H,21,23). The van der Waals surface area contributed by atoms with Crippen LogP contribution in [0.25, 0.3) is 0 Å². The molecule has 130 valence electrons. The Kier molecular flexibility index (Phi) is 5.67. The average Bonchev–Trinajstić information content (AvgIpc) is 2.59. The van der Waals surface area contributed by atoms with Gasteiger partial charge in [0.15, 0.2) is 0 Å². The zero-order valence-electron chi connectivity index (χ0n) is 14.2. The summed E-state index contributed by atoms with van der Waals surface area (Å²) in [6, 6.07) is 5.62. The van der Waals surface area contributed by atoms with Gasteiger partial charge in [-0.25, -0.2) is 0 Å². The molecule has 0 fully saturated rings. The third-order valence-corrected chi connectivity index (χ3v) is 5.09. The number of nitrogens with zero attached hydrogens (tertiary/aromatic N) is 1. The van der Waals surface area contributed by atoms with Crippen molar-refractivity contribution >= 4 is 23.2 Å². The van der Waals surface area contributed by atoms with Crippen LogP contribution in [-0.2, 0) is 4.79 Å². The van der Waals surface area contributed by atoms with E-state index < -0.39 is 0 Å². The van der Waals surface area contributed by atoms with E-state index in [1.54, 1.807) is 0 Å². The van der Waals surface area contributed by atoms with Gasteiger partial charge in [0.05, 0.1) is 18.2 Å². The molecule has 0 saturated heterocycles. The highest BCUT2D eigenvalue weighted by molar-refractivity contribution is 6.31. The van der Waals surface area contributed by atoms with E-state index in [2.05, 4.69) is 16.3 Å². The summed E-state index contributed by atoms with van der Waals surface area (Å²) in [4.78, 5) is 14.3. The summed E-state index contributed by atoms with van der Waals surface area (Å²) in [5.74, 6) is 0.903. The number of nitrogens with one attached hydrogen (secondary N) is 1. The van der Waals surface area contributed by atoms with Crippen LogP contribution in [0.3, 0.4) is 0 Å². The maximum atomic E-state index is 12.2. The Bertz CT molecular complexity index is 630. The van der Waals surface area contributed by atoms with E-state index >= 15 is 0 Å².